The molecule has 7 heteroatoms. The van der Waals surface area contributed by atoms with Crippen molar-refractivity contribution in [2.45, 2.75) is 23.8 Å². The Balaban J connectivity index is 2.34. The molecule has 100 valence electrons. The molecule has 0 atom stereocenters. The van der Waals surface area contributed by atoms with Crippen LogP contribution in [0.2, 0.25) is 10.0 Å². The smallest absolute Gasteiger partial charge is 0.244 e. The fraction of sp³-hybridized carbons (Fsp3) is 0.455. The van der Waals surface area contributed by atoms with Gasteiger partial charge in [0.1, 0.15) is 4.90 Å². The number of sulfonamides is 1. The third-order valence-corrected chi connectivity index (χ3v) is 5.90. The Morgan fingerprint density at radius 2 is 1.83 bits per heavy atom. The molecule has 0 bridgehead atoms. The van der Waals surface area contributed by atoms with Gasteiger partial charge in [-0.3, -0.25) is 0 Å². The molecule has 2 rings (SSSR count). The van der Waals surface area contributed by atoms with Crippen molar-refractivity contribution in [3.05, 3.63) is 28.2 Å². The highest BCUT2D eigenvalue weighted by atomic mass is 35.5. The first-order valence-electron chi connectivity index (χ1n) is 5.62. The quantitative estimate of drug-likeness (QED) is 0.910. The zero-order chi connectivity index (χ0) is 13.3. The van der Waals surface area contributed by atoms with E-state index in [2.05, 4.69) is 0 Å². The summed E-state index contributed by atoms with van der Waals surface area (Å²) in [4.78, 5) is 0.0622. The van der Waals surface area contributed by atoms with Crippen LogP contribution < -0.4 is 5.73 Å². The van der Waals surface area contributed by atoms with E-state index in [-0.39, 0.29) is 21.0 Å². The minimum Gasteiger partial charge on any atom is -0.328 e. The van der Waals surface area contributed by atoms with Crippen molar-refractivity contribution in [3.8, 4) is 0 Å². The van der Waals surface area contributed by atoms with Crippen LogP contribution in [0.4, 0.5) is 0 Å². The molecule has 0 spiro atoms. The van der Waals surface area contributed by atoms with Gasteiger partial charge in [-0.2, -0.15) is 4.31 Å². The average Bonchev–Trinajstić information content (AvgIpc) is 2.33. The molecule has 18 heavy (non-hydrogen) atoms. The molecule has 0 aromatic heterocycles. The lowest BCUT2D eigenvalue weighted by molar-refractivity contribution is 0.320. The van der Waals surface area contributed by atoms with Gasteiger partial charge in [-0.15, -0.1) is 0 Å². The van der Waals surface area contributed by atoms with E-state index in [0.29, 0.717) is 25.9 Å². The van der Waals surface area contributed by atoms with E-state index in [1.54, 1.807) is 12.1 Å². The Labute approximate surface area is 117 Å². The number of hydrogen-bond acceptors (Lipinski definition) is 3. The Hall–Kier alpha value is -0.330. The molecule has 0 unspecified atom stereocenters. The van der Waals surface area contributed by atoms with Crippen LogP contribution in [0, 0.1) is 0 Å². The van der Waals surface area contributed by atoms with Crippen LogP contribution in [-0.4, -0.2) is 31.9 Å². The molecule has 1 aliphatic rings. The van der Waals surface area contributed by atoms with Crippen LogP contribution in [0.25, 0.3) is 0 Å². The van der Waals surface area contributed by atoms with Gasteiger partial charge in [0.05, 0.1) is 10.0 Å². The minimum atomic E-state index is -3.58. The maximum Gasteiger partial charge on any atom is 0.244 e. The number of rotatable bonds is 2. The van der Waals surface area contributed by atoms with Gasteiger partial charge in [-0.1, -0.05) is 29.3 Å². The van der Waals surface area contributed by atoms with Crippen molar-refractivity contribution in [2.24, 2.45) is 5.73 Å². The molecule has 0 radical (unpaired) electrons. The second kappa shape index (κ2) is 5.35. The summed E-state index contributed by atoms with van der Waals surface area (Å²) in [6.45, 7) is 0.846. The second-order valence-corrected chi connectivity index (χ2v) is 6.98. The zero-order valence-electron chi connectivity index (χ0n) is 9.64. The van der Waals surface area contributed by atoms with E-state index in [0.717, 1.165) is 0 Å². The monoisotopic (exact) mass is 308 g/mol. The maximum atomic E-state index is 12.4. The van der Waals surface area contributed by atoms with Crippen molar-refractivity contribution < 1.29 is 8.42 Å². The number of nitrogens with two attached hydrogens (primary N) is 1. The molecule has 0 amide bonds. The molecule has 1 saturated heterocycles. The Kier molecular flexibility index (Phi) is 4.18. The van der Waals surface area contributed by atoms with Crippen LogP contribution in [0.1, 0.15) is 12.8 Å². The summed E-state index contributed by atoms with van der Waals surface area (Å²) in [5, 5.41) is 0.320. The first-order chi connectivity index (χ1) is 8.43. The fourth-order valence-corrected chi connectivity index (χ4v) is 4.14. The van der Waals surface area contributed by atoms with Gasteiger partial charge in [-0.05, 0) is 25.0 Å². The van der Waals surface area contributed by atoms with Gasteiger partial charge in [0, 0.05) is 19.1 Å². The third-order valence-electron chi connectivity index (χ3n) is 3.03. The lowest BCUT2D eigenvalue weighted by Gasteiger charge is -2.29. The van der Waals surface area contributed by atoms with Gasteiger partial charge in [-0.25, -0.2) is 8.42 Å². The van der Waals surface area contributed by atoms with Crippen LogP contribution >= 0.6 is 23.2 Å². The molecule has 0 saturated carbocycles. The summed E-state index contributed by atoms with van der Waals surface area (Å²) in [5.74, 6) is 0. The van der Waals surface area contributed by atoms with Crippen LogP contribution in [0.15, 0.2) is 23.1 Å². The summed E-state index contributed by atoms with van der Waals surface area (Å²) in [7, 11) is -3.58. The van der Waals surface area contributed by atoms with Crippen molar-refractivity contribution in [1.29, 1.82) is 0 Å². The zero-order valence-corrected chi connectivity index (χ0v) is 12.0. The Morgan fingerprint density at radius 1 is 1.22 bits per heavy atom. The molecule has 1 aromatic carbocycles. The summed E-state index contributed by atoms with van der Waals surface area (Å²) in [6, 6.07) is 4.69. The summed E-state index contributed by atoms with van der Waals surface area (Å²) < 4.78 is 26.2. The minimum absolute atomic E-state index is 0.0622. The largest absolute Gasteiger partial charge is 0.328 e. The Bertz CT molecular complexity index is 540. The van der Waals surface area contributed by atoms with Crippen molar-refractivity contribution in [1.82, 2.24) is 4.31 Å². The second-order valence-electron chi connectivity index (χ2n) is 4.29. The highest BCUT2D eigenvalue weighted by Crippen LogP contribution is 2.31. The van der Waals surface area contributed by atoms with Crippen molar-refractivity contribution in [3.63, 3.8) is 0 Å². The maximum absolute atomic E-state index is 12.4. The van der Waals surface area contributed by atoms with Crippen molar-refractivity contribution >= 4 is 33.2 Å². The number of hydrogen-bond donors (Lipinski definition) is 1. The van der Waals surface area contributed by atoms with Crippen LogP contribution in [0.5, 0.6) is 0 Å². The molecular weight excluding hydrogens is 295 g/mol. The molecule has 0 aliphatic carbocycles. The fourth-order valence-electron chi connectivity index (χ4n) is 1.94. The van der Waals surface area contributed by atoms with E-state index < -0.39 is 10.0 Å². The number of nitrogens with zero attached hydrogens (tertiary/aromatic N) is 1. The molecule has 4 nitrogen and oxygen atoms in total. The highest BCUT2D eigenvalue weighted by molar-refractivity contribution is 7.89. The van der Waals surface area contributed by atoms with Gasteiger partial charge in [0.2, 0.25) is 10.0 Å². The van der Waals surface area contributed by atoms with E-state index in [4.69, 9.17) is 28.9 Å². The summed E-state index contributed by atoms with van der Waals surface area (Å²) >= 11 is 11.8. The van der Waals surface area contributed by atoms with E-state index in [9.17, 15) is 8.42 Å². The van der Waals surface area contributed by atoms with Gasteiger partial charge >= 0.3 is 0 Å². The van der Waals surface area contributed by atoms with Gasteiger partial charge in [0.25, 0.3) is 0 Å². The molecule has 1 fully saturated rings. The summed E-state index contributed by atoms with van der Waals surface area (Å²) in [5.41, 5.74) is 5.76. The average molecular weight is 309 g/mol. The number of halogens is 2. The van der Waals surface area contributed by atoms with Gasteiger partial charge < -0.3 is 5.73 Å². The standard InChI is InChI=1S/C11H14Cl2N2O2S/c12-9-2-1-3-10(11(9)13)18(16,17)15-6-4-8(14)5-7-15/h1-3,8H,4-7,14H2. The van der Waals surface area contributed by atoms with E-state index in [1.807, 2.05) is 0 Å². The molecule has 2 N–H and O–H groups in total. The van der Waals surface area contributed by atoms with E-state index in [1.165, 1.54) is 10.4 Å². The normalized spacial score (nSPS) is 19.1. The third kappa shape index (κ3) is 2.65. The predicted molar refractivity (Wildman–Crippen MR) is 72.4 cm³/mol. The SMILES string of the molecule is NC1CCN(S(=O)(=O)c2cccc(Cl)c2Cl)CC1. The van der Waals surface area contributed by atoms with Crippen LogP contribution in [-0.2, 0) is 10.0 Å². The molecule has 1 aliphatic heterocycles. The topological polar surface area (TPSA) is 63.4 Å². The van der Waals surface area contributed by atoms with Crippen molar-refractivity contribution in [2.75, 3.05) is 13.1 Å². The predicted octanol–water partition coefficient (Wildman–Crippen LogP) is 2.11. The molecule has 1 heterocycles. The molecular formula is C11H14Cl2N2O2S. The number of piperidine rings is 1. The first kappa shape index (κ1) is 14.1. The highest BCUT2D eigenvalue weighted by Gasteiger charge is 2.30. The number of benzene rings is 1. The lowest BCUT2D eigenvalue weighted by atomic mass is 10.1. The van der Waals surface area contributed by atoms with E-state index >= 15 is 0 Å². The Morgan fingerprint density at radius 3 is 2.44 bits per heavy atom. The molecule has 1 aromatic rings. The summed E-state index contributed by atoms with van der Waals surface area (Å²) in [6.07, 6.45) is 1.33. The van der Waals surface area contributed by atoms with Crippen LogP contribution in [0.3, 0.4) is 0 Å². The first-order valence-corrected chi connectivity index (χ1v) is 7.82. The van der Waals surface area contributed by atoms with Gasteiger partial charge in [0.15, 0.2) is 0 Å². The lowest BCUT2D eigenvalue weighted by Crippen LogP contribution is -2.42.